The third kappa shape index (κ3) is 11.4. The average Bonchev–Trinajstić information content (AvgIpc) is 3.07. The first-order chi connectivity index (χ1) is 15.3. The van der Waals surface area contributed by atoms with E-state index in [2.05, 4.69) is 17.7 Å². The number of rotatable bonds is 12. The van der Waals surface area contributed by atoms with Crippen LogP contribution in [0, 0.1) is 24.2 Å². The van der Waals surface area contributed by atoms with Gasteiger partial charge in [0.05, 0.1) is 45.3 Å². The molecule has 2 heterocycles. The quantitative estimate of drug-likeness (QED) is 0.171. The van der Waals surface area contributed by atoms with E-state index in [0.717, 1.165) is 0 Å². The van der Waals surface area contributed by atoms with E-state index < -0.39 is 68.2 Å². The SMILES string of the molecule is [B][C@@H]1[CH-][C@H](C)[C@H](COP(=O)(O)OP(=O)([O-])CP(=O)([O-])OP(=O)(O)OC[C@H]2O[C@@H](C)C(C)[C@H]2C)O1.[Y]. The zero-order chi connectivity index (χ0) is 26.1. The monoisotopic (exact) mass is 656 g/mol. The summed E-state index contributed by atoms with van der Waals surface area (Å²) in [5, 5.41) is 0. The third-order valence-electron chi connectivity index (χ3n) is 5.56. The van der Waals surface area contributed by atoms with Crippen molar-refractivity contribution in [3.8, 4) is 0 Å². The van der Waals surface area contributed by atoms with Crippen LogP contribution in [0.15, 0.2) is 0 Å². The van der Waals surface area contributed by atoms with Gasteiger partial charge in [-0.3, -0.25) is 9.05 Å². The van der Waals surface area contributed by atoms with Crippen LogP contribution in [0.4, 0.5) is 0 Å². The Morgan fingerprint density at radius 2 is 1.31 bits per heavy atom. The van der Waals surface area contributed by atoms with Gasteiger partial charge in [0.15, 0.2) is 15.2 Å². The van der Waals surface area contributed by atoms with Crippen LogP contribution in [0.3, 0.4) is 0 Å². The molecule has 0 amide bonds. The summed E-state index contributed by atoms with van der Waals surface area (Å²) >= 11 is 0. The molecule has 35 heavy (non-hydrogen) atoms. The van der Waals surface area contributed by atoms with E-state index in [4.69, 9.17) is 17.3 Å². The Hall–Kier alpha value is 1.69. The van der Waals surface area contributed by atoms with Crippen LogP contribution in [0.25, 0.3) is 0 Å². The second-order valence-electron chi connectivity index (χ2n) is 8.34. The van der Waals surface area contributed by atoms with Crippen molar-refractivity contribution in [2.24, 2.45) is 17.8 Å². The number of hydrogen-bond acceptors (Lipinski definition) is 12. The Labute approximate surface area is 230 Å². The largest absolute Gasteiger partial charge is 0.778 e. The molecule has 2 aliphatic rings. The van der Waals surface area contributed by atoms with E-state index in [1.54, 1.807) is 20.3 Å². The Balaban J connectivity index is 0.00000612. The van der Waals surface area contributed by atoms with Gasteiger partial charge in [-0.05, 0) is 18.8 Å². The molecule has 3 radical (unpaired) electrons. The van der Waals surface area contributed by atoms with Gasteiger partial charge in [0.1, 0.15) is 0 Å². The minimum Gasteiger partial charge on any atom is -0.778 e. The van der Waals surface area contributed by atoms with E-state index in [9.17, 15) is 37.8 Å². The molecule has 2 rings (SSSR count). The van der Waals surface area contributed by atoms with Crippen molar-refractivity contribution in [3.63, 3.8) is 0 Å². The molecule has 20 heteroatoms. The molecule has 11 atom stereocenters. The maximum atomic E-state index is 12.0. The minimum absolute atomic E-state index is 0. The number of phosphoric ester groups is 2. The van der Waals surface area contributed by atoms with Gasteiger partial charge in [0.2, 0.25) is 0 Å². The topological polar surface area (TPSA) is 210 Å². The zero-order valence-electron chi connectivity index (χ0n) is 19.5. The summed E-state index contributed by atoms with van der Waals surface area (Å²) in [6.07, 6.45) is 0.0296. The van der Waals surface area contributed by atoms with Gasteiger partial charge in [-0.2, -0.15) is 0 Å². The zero-order valence-corrected chi connectivity index (χ0v) is 25.9. The van der Waals surface area contributed by atoms with Crippen LogP contribution in [0.1, 0.15) is 27.7 Å². The minimum atomic E-state index is -5.65. The first-order valence-electron chi connectivity index (χ1n) is 10.2. The van der Waals surface area contributed by atoms with Crippen molar-refractivity contribution < 1.29 is 97.7 Å². The molecule has 0 saturated carbocycles. The van der Waals surface area contributed by atoms with Crippen LogP contribution in [-0.2, 0) is 78.1 Å². The van der Waals surface area contributed by atoms with Gasteiger partial charge in [-0.25, -0.2) is 17.8 Å². The van der Waals surface area contributed by atoms with Crippen molar-refractivity contribution in [2.45, 2.75) is 52.0 Å². The molecule has 0 aromatic rings. The van der Waals surface area contributed by atoms with E-state index in [-0.39, 0.29) is 56.6 Å². The summed E-state index contributed by atoms with van der Waals surface area (Å²) in [4.78, 5) is 43.3. The number of phosphoric acid groups is 2. The maximum absolute atomic E-state index is 12.0. The molecule has 2 N–H and O–H groups in total. The van der Waals surface area contributed by atoms with Crippen molar-refractivity contribution in [3.05, 3.63) is 6.42 Å². The predicted octanol–water partition coefficient (Wildman–Crippen LogP) is 1.11. The van der Waals surface area contributed by atoms with Gasteiger partial charge in [-0.1, -0.05) is 26.8 Å². The molecule has 0 aromatic heterocycles. The second-order valence-corrected chi connectivity index (χ2v) is 15.6. The molecule has 2 saturated heterocycles. The normalized spacial score (nSPS) is 38.0. The average molecular weight is 656 g/mol. The van der Waals surface area contributed by atoms with E-state index >= 15 is 0 Å². The Morgan fingerprint density at radius 1 is 0.857 bits per heavy atom. The predicted molar refractivity (Wildman–Crippen MR) is 114 cm³/mol. The Kier molecular flexibility index (Phi) is 13.3. The smallest absolute Gasteiger partial charge is 0.477 e. The third-order valence-corrected chi connectivity index (χ3v) is 12.9. The fourth-order valence-corrected chi connectivity index (χ4v) is 10.0. The number of ether oxygens (including phenoxy) is 2. The van der Waals surface area contributed by atoms with Gasteiger partial charge in [0.25, 0.3) is 0 Å². The van der Waals surface area contributed by atoms with Crippen molar-refractivity contribution in [2.75, 3.05) is 19.1 Å². The number of hydrogen-bond donors (Lipinski definition) is 2. The molecule has 0 bridgehead atoms. The molecule has 0 spiro atoms. The van der Waals surface area contributed by atoms with Gasteiger partial charge in [-0.15, -0.1) is 5.92 Å². The first-order valence-corrected chi connectivity index (χ1v) is 16.6. The van der Waals surface area contributed by atoms with Crippen LogP contribution >= 0.6 is 30.8 Å². The van der Waals surface area contributed by atoms with Crippen LogP contribution in [0.5, 0.6) is 0 Å². The van der Waals surface area contributed by atoms with Crippen LogP contribution < -0.4 is 9.79 Å². The maximum Gasteiger partial charge on any atom is 0.477 e. The van der Waals surface area contributed by atoms with Crippen molar-refractivity contribution in [1.82, 2.24) is 0 Å². The first kappa shape index (κ1) is 34.7. The summed E-state index contributed by atoms with van der Waals surface area (Å²) in [5.41, 5.74) is 0. The van der Waals surface area contributed by atoms with E-state index in [1.807, 2.05) is 13.8 Å². The summed E-state index contributed by atoms with van der Waals surface area (Å²) < 4.78 is 75.9. The Bertz CT molecular complexity index is 909. The fourth-order valence-electron chi connectivity index (χ4n) is 3.43. The van der Waals surface area contributed by atoms with Crippen LogP contribution in [0.2, 0.25) is 0 Å². The summed E-state index contributed by atoms with van der Waals surface area (Å²) in [6, 6.07) is -0.747. The molecule has 5 unspecified atom stereocenters. The van der Waals surface area contributed by atoms with Crippen LogP contribution in [-0.4, -0.2) is 61.1 Å². The van der Waals surface area contributed by atoms with Gasteiger partial charge >= 0.3 is 15.6 Å². The van der Waals surface area contributed by atoms with E-state index in [0.29, 0.717) is 0 Å². The fraction of sp³-hybridized carbons (Fsp3) is 0.933. The summed E-state index contributed by atoms with van der Waals surface area (Å²) in [5.74, 6) is -2.26. The molecule has 0 aliphatic carbocycles. The molecule has 201 valence electrons. The summed E-state index contributed by atoms with van der Waals surface area (Å²) in [6.45, 7) is 6.12. The molecule has 2 aliphatic heterocycles. The van der Waals surface area contributed by atoms with Gasteiger partial charge in [0, 0.05) is 32.7 Å². The standard InChI is InChI=1S/C15H30BO14P4.Y/c1-9-5-15(16)28-13(9)6-25-33(21,22)29-31(17,18)8-32(19,20)30-34(23,24)26-7-14-11(3)10(2)12(4)27-14;/h5,9-15H,6-8H2,1-4H3,(H,17,18)(H,19,20)(H,21,22)(H,23,24);/q-1;/p-2/t9-,10?,11+,12-,13-,14+,15-;/m0./s1. The molecule has 2 fully saturated rings. The summed E-state index contributed by atoms with van der Waals surface area (Å²) in [7, 11) is -16.3. The molecule has 14 nitrogen and oxygen atoms in total. The second kappa shape index (κ2) is 13.4. The Morgan fingerprint density at radius 3 is 1.69 bits per heavy atom. The molecular weight excluding hydrogens is 628 g/mol. The van der Waals surface area contributed by atoms with Crippen molar-refractivity contribution in [1.29, 1.82) is 0 Å². The molecular formula is C15H28BO14P4Y-3. The van der Waals surface area contributed by atoms with E-state index in [1.165, 1.54) is 0 Å². The van der Waals surface area contributed by atoms with Crippen molar-refractivity contribution >= 4 is 38.7 Å². The molecule has 0 aromatic carbocycles. The van der Waals surface area contributed by atoms with Gasteiger partial charge < -0.3 is 44.6 Å².